The molecular weight excluding hydrogens is 453 g/mol. The number of carbonyl (C=O) groups is 1. The molecule has 0 bridgehead atoms. The fourth-order valence-corrected chi connectivity index (χ4v) is 2.70. The van der Waals surface area contributed by atoms with Gasteiger partial charge in [-0.05, 0) is 33.9 Å². The molecule has 0 fully saturated rings. The van der Waals surface area contributed by atoms with Gasteiger partial charge in [-0.15, -0.1) is 29.7 Å². The van der Waals surface area contributed by atoms with Crippen LogP contribution in [0.25, 0.3) is 0 Å². The molecule has 0 amide bonds. The summed E-state index contributed by atoms with van der Waals surface area (Å²) in [6.07, 6.45) is 0.929. The Morgan fingerprint density at radius 3 is 1.81 bits per heavy atom. The zero-order valence-electron chi connectivity index (χ0n) is 18.6. The fraction of sp³-hybridized carbons (Fsp3) is 0.682. The van der Waals surface area contributed by atoms with Gasteiger partial charge in [-0.2, -0.15) is 0 Å². The number of hydrogen-bond acceptors (Lipinski definition) is 3. The first-order chi connectivity index (χ1) is 11.6. The van der Waals surface area contributed by atoms with Crippen LogP contribution in [-0.2, 0) is 26.8 Å². The lowest BCUT2D eigenvalue weighted by Gasteiger charge is -2.34. The highest BCUT2D eigenvalue weighted by Gasteiger charge is 2.22. The number of esters is 1. The van der Waals surface area contributed by atoms with Crippen LogP contribution in [0.4, 0.5) is 0 Å². The van der Waals surface area contributed by atoms with Crippen LogP contribution >= 0.6 is 24.0 Å². The fourth-order valence-electron chi connectivity index (χ4n) is 2.70. The molecule has 1 aromatic rings. The number of carbonyl (C=O) groups excluding carboxylic acids is 1. The van der Waals surface area contributed by atoms with Crippen molar-refractivity contribution >= 4 is 29.9 Å². The minimum absolute atomic E-state index is 0. The van der Waals surface area contributed by atoms with Gasteiger partial charge in [-0.1, -0.05) is 53.7 Å². The van der Waals surface area contributed by atoms with E-state index in [1.54, 1.807) is 0 Å². The lowest BCUT2D eigenvalue weighted by molar-refractivity contribution is -0.870. The summed E-state index contributed by atoms with van der Waals surface area (Å²) in [4.78, 5) is 12.0. The molecule has 0 saturated carbocycles. The lowest BCUT2D eigenvalue weighted by atomic mass is 9.78. The van der Waals surface area contributed by atoms with Crippen LogP contribution in [0.15, 0.2) is 12.1 Å². The van der Waals surface area contributed by atoms with Crippen molar-refractivity contribution in [2.45, 2.75) is 65.2 Å². The summed E-state index contributed by atoms with van der Waals surface area (Å²) in [6.45, 7) is 13.6. The molecule has 0 spiro atoms. The first-order valence-corrected chi connectivity index (χ1v) is 9.42. The van der Waals surface area contributed by atoms with Crippen molar-refractivity contribution in [3.63, 3.8) is 0 Å². The van der Waals surface area contributed by atoms with Crippen molar-refractivity contribution < 1.29 is 19.1 Å². The van der Waals surface area contributed by atoms with Gasteiger partial charge in [-0.3, -0.25) is 4.79 Å². The van der Waals surface area contributed by atoms with Crippen molar-refractivity contribution in [3.05, 3.63) is 28.8 Å². The largest absolute Gasteiger partial charge is 0.872 e. The van der Waals surface area contributed by atoms with Crippen LogP contribution < -0.4 is 5.11 Å². The zero-order valence-corrected chi connectivity index (χ0v) is 20.9. The highest BCUT2D eigenvalue weighted by molar-refractivity contribution is 14.0. The van der Waals surface area contributed by atoms with E-state index in [9.17, 15) is 9.90 Å². The second-order valence-electron chi connectivity index (χ2n) is 10.3. The monoisotopic (exact) mass is 491 g/mol. The van der Waals surface area contributed by atoms with Crippen LogP contribution in [-0.4, -0.2) is 44.7 Å². The third kappa shape index (κ3) is 8.81. The topological polar surface area (TPSA) is 49.4 Å². The van der Waals surface area contributed by atoms with Gasteiger partial charge >= 0.3 is 5.97 Å². The Balaban J connectivity index is 0.00000676. The van der Waals surface area contributed by atoms with E-state index in [0.717, 1.165) is 27.7 Å². The predicted octanol–water partition coefficient (Wildman–Crippen LogP) is 4.16. The minimum Gasteiger partial charge on any atom is -0.872 e. The van der Waals surface area contributed by atoms with Crippen LogP contribution in [0.2, 0.25) is 0 Å². The van der Waals surface area contributed by atoms with Gasteiger partial charge in [0.25, 0.3) is 0 Å². The number of aryl methyl sites for hydroxylation is 1. The molecule has 0 aliphatic rings. The summed E-state index contributed by atoms with van der Waals surface area (Å²) in [7, 11) is 6.21. The van der Waals surface area contributed by atoms with E-state index < -0.39 is 0 Å². The van der Waals surface area contributed by atoms with E-state index in [1.165, 1.54) is 0 Å². The van der Waals surface area contributed by atoms with E-state index in [2.05, 4.69) is 62.7 Å². The maximum Gasteiger partial charge on any atom is 0.306 e. The van der Waals surface area contributed by atoms with Gasteiger partial charge in [0.15, 0.2) is 0 Å². The Kier molecular flexibility index (Phi) is 9.30. The quantitative estimate of drug-likeness (QED) is 0.341. The van der Waals surface area contributed by atoms with Crippen molar-refractivity contribution in [2.24, 2.45) is 0 Å². The molecule has 0 aromatic heterocycles. The van der Waals surface area contributed by atoms with Crippen LogP contribution in [0.3, 0.4) is 0 Å². The standard InChI is InChI=1S/C22H37NO3.HI/c1-21(2,3)17-14-16(15-18(20(17)25)22(4,5)6)10-11-19(24)26-13-12-23(7,8)9;/h14-15H,10-13H2,1-9H3;1H. The molecule has 0 atom stereocenters. The summed E-state index contributed by atoms with van der Waals surface area (Å²) in [5.74, 6) is -0.0569. The molecule has 0 unspecified atom stereocenters. The predicted molar refractivity (Wildman–Crippen MR) is 121 cm³/mol. The molecule has 1 aromatic carbocycles. The molecule has 0 aliphatic heterocycles. The van der Waals surface area contributed by atoms with E-state index in [-0.39, 0.29) is 46.5 Å². The van der Waals surface area contributed by atoms with Gasteiger partial charge in [0.05, 0.1) is 21.1 Å². The Labute approximate surface area is 182 Å². The highest BCUT2D eigenvalue weighted by atomic mass is 127. The van der Waals surface area contributed by atoms with Crippen LogP contribution in [0.1, 0.15) is 64.7 Å². The molecule has 4 nitrogen and oxygen atoms in total. The molecule has 0 aliphatic carbocycles. The number of quaternary nitrogens is 1. The zero-order chi connectivity index (χ0) is 20.3. The first kappa shape index (κ1) is 26.2. The van der Waals surface area contributed by atoms with Gasteiger partial charge in [0, 0.05) is 6.42 Å². The maximum absolute atomic E-state index is 12.9. The second kappa shape index (κ2) is 9.59. The minimum atomic E-state index is -0.224. The van der Waals surface area contributed by atoms with E-state index in [4.69, 9.17) is 4.74 Å². The Morgan fingerprint density at radius 1 is 1.00 bits per heavy atom. The van der Waals surface area contributed by atoms with Crippen LogP contribution in [0.5, 0.6) is 5.75 Å². The van der Waals surface area contributed by atoms with E-state index in [0.29, 0.717) is 19.4 Å². The maximum atomic E-state index is 12.9. The Morgan fingerprint density at radius 2 is 1.44 bits per heavy atom. The number of rotatable bonds is 6. The Bertz CT molecular complexity index is 599. The van der Waals surface area contributed by atoms with Crippen molar-refractivity contribution in [2.75, 3.05) is 34.3 Å². The van der Waals surface area contributed by atoms with Gasteiger partial charge < -0.3 is 14.3 Å². The van der Waals surface area contributed by atoms with Crippen molar-refractivity contribution in [3.8, 4) is 5.75 Å². The molecule has 5 heteroatoms. The van der Waals surface area contributed by atoms with Gasteiger partial charge in [0.1, 0.15) is 13.2 Å². The van der Waals surface area contributed by atoms with Crippen molar-refractivity contribution in [1.29, 1.82) is 0 Å². The average Bonchev–Trinajstić information content (AvgIpc) is 2.42. The third-order valence-electron chi connectivity index (χ3n) is 4.41. The van der Waals surface area contributed by atoms with Crippen LogP contribution in [0, 0.1) is 0 Å². The number of benzene rings is 1. The SMILES string of the molecule is CC(C)(C)c1cc(CCC(=O)OCC[N+](C)(C)C)cc(C(C)(C)C)c1[O-].I. The Hall–Kier alpha value is -0.820. The number of hydrogen-bond donors (Lipinski definition) is 0. The molecule has 0 N–H and O–H groups in total. The molecule has 0 radical (unpaired) electrons. The number of likely N-dealkylation sites (N-methyl/N-ethyl adjacent to an activating group) is 1. The number of nitrogens with zero attached hydrogens (tertiary/aromatic N) is 1. The smallest absolute Gasteiger partial charge is 0.306 e. The second-order valence-corrected chi connectivity index (χ2v) is 10.3. The van der Waals surface area contributed by atoms with Crippen molar-refractivity contribution in [1.82, 2.24) is 0 Å². The summed E-state index contributed by atoms with van der Waals surface area (Å²) < 4.78 is 6.11. The average molecular weight is 491 g/mol. The first-order valence-electron chi connectivity index (χ1n) is 9.42. The molecular formula is C22H38INO3. The lowest BCUT2D eigenvalue weighted by Crippen LogP contribution is -2.38. The highest BCUT2D eigenvalue weighted by Crippen LogP contribution is 2.38. The summed E-state index contributed by atoms with van der Waals surface area (Å²) in [5, 5.41) is 12.9. The molecule has 1 rings (SSSR count). The number of ether oxygens (including phenoxy) is 1. The van der Waals surface area contributed by atoms with Gasteiger partial charge in [0.2, 0.25) is 0 Å². The van der Waals surface area contributed by atoms with E-state index in [1.807, 2.05) is 12.1 Å². The molecule has 27 heavy (non-hydrogen) atoms. The molecule has 0 saturated heterocycles. The summed E-state index contributed by atoms with van der Waals surface area (Å²) in [5.41, 5.74) is 2.22. The normalized spacial score (nSPS) is 12.5. The van der Waals surface area contributed by atoms with E-state index >= 15 is 0 Å². The number of halogens is 1. The molecule has 0 heterocycles. The summed E-state index contributed by atoms with van der Waals surface area (Å²) >= 11 is 0. The van der Waals surface area contributed by atoms with Gasteiger partial charge in [-0.25, -0.2) is 0 Å². The summed E-state index contributed by atoms with van der Waals surface area (Å²) in [6, 6.07) is 3.94. The molecule has 156 valence electrons. The third-order valence-corrected chi connectivity index (χ3v) is 4.41.